The molecule has 0 heterocycles. The van der Waals surface area contributed by atoms with E-state index in [1.165, 1.54) is 44.9 Å². The first-order valence-corrected chi connectivity index (χ1v) is 8.17. The number of halogens is 1. The van der Waals surface area contributed by atoms with Gasteiger partial charge in [-0.3, -0.25) is 4.79 Å². The van der Waals surface area contributed by atoms with Crippen LogP contribution in [0.25, 0.3) is 0 Å². The highest BCUT2D eigenvalue weighted by Gasteiger charge is 2.32. The van der Waals surface area contributed by atoms with E-state index in [1.54, 1.807) is 0 Å². The largest absolute Gasteiger partial charge is 0.356 e. The lowest BCUT2D eigenvalue weighted by molar-refractivity contribution is -0.122. The van der Waals surface area contributed by atoms with Crippen molar-refractivity contribution in [2.45, 2.75) is 77.2 Å². The van der Waals surface area contributed by atoms with Crippen molar-refractivity contribution in [1.82, 2.24) is 5.32 Å². The number of nitrogens with one attached hydrogen (secondary N) is 1. The van der Waals surface area contributed by atoms with Gasteiger partial charge in [0.15, 0.2) is 0 Å². The second-order valence-corrected chi connectivity index (χ2v) is 6.75. The van der Waals surface area contributed by atoms with Gasteiger partial charge in [-0.05, 0) is 43.4 Å². The average Bonchev–Trinajstić information content (AvgIpc) is 2.89. The minimum absolute atomic E-state index is 0. The molecule has 0 aromatic carbocycles. The lowest BCUT2D eigenvalue weighted by Gasteiger charge is -2.30. The van der Waals surface area contributed by atoms with Gasteiger partial charge < -0.3 is 11.1 Å². The number of amides is 1. The van der Waals surface area contributed by atoms with E-state index < -0.39 is 0 Å². The Morgan fingerprint density at radius 3 is 2.45 bits per heavy atom. The molecule has 0 aliphatic heterocycles. The molecule has 1 amide bonds. The van der Waals surface area contributed by atoms with Crippen LogP contribution in [0.4, 0.5) is 0 Å². The summed E-state index contributed by atoms with van der Waals surface area (Å²) in [6.45, 7) is 3.14. The molecule has 118 valence electrons. The van der Waals surface area contributed by atoms with E-state index in [1.807, 2.05) is 0 Å². The minimum Gasteiger partial charge on any atom is -0.356 e. The van der Waals surface area contributed by atoms with Crippen molar-refractivity contribution in [2.24, 2.45) is 17.1 Å². The number of rotatable bonds is 5. The summed E-state index contributed by atoms with van der Waals surface area (Å²) in [4.78, 5) is 12.1. The summed E-state index contributed by atoms with van der Waals surface area (Å²) < 4.78 is 0. The number of carbonyl (C=O) groups is 1. The fourth-order valence-corrected chi connectivity index (χ4v) is 3.87. The molecular formula is C16H31ClN2O. The van der Waals surface area contributed by atoms with Gasteiger partial charge in [0, 0.05) is 19.0 Å². The number of hydrogen-bond donors (Lipinski definition) is 2. The molecule has 0 aromatic heterocycles. The Hall–Kier alpha value is -0.280. The van der Waals surface area contributed by atoms with Gasteiger partial charge in [0.05, 0.1) is 0 Å². The molecule has 4 heteroatoms. The third-order valence-electron chi connectivity index (χ3n) is 5.49. The summed E-state index contributed by atoms with van der Waals surface area (Å²) in [6, 6.07) is 0.242. The molecule has 3 N–H and O–H groups in total. The minimum atomic E-state index is 0. The predicted molar refractivity (Wildman–Crippen MR) is 86.0 cm³/mol. The second kappa shape index (κ2) is 8.23. The number of hydrogen-bond acceptors (Lipinski definition) is 2. The first-order chi connectivity index (χ1) is 9.15. The molecule has 2 rings (SSSR count). The normalized spacial score (nSPS) is 28.7. The Morgan fingerprint density at radius 2 is 1.85 bits per heavy atom. The van der Waals surface area contributed by atoms with Gasteiger partial charge in [-0.1, -0.05) is 32.6 Å². The van der Waals surface area contributed by atoms with Crippen molar-refractivity contribution in [2.75, 3.05) is 6.54 Å². The molecule has 2 aliphatic rings. The summed E-state index contributed by atoms with van der Waals surface area (Å²) in [5.41, 5.74) is 6.51. The van der Waals surface area contributed by atoms with Crippen LogP contribution in [-0.4, -0.2) is 18.5 Å². The number of carbonyl (C=O) groups excluding carboxylic acids is 1. The maximum absolute atomic E-state index is 12.1. The fraction of sp³-hybridized carbons (Fsp3) is 0.938. The van der Waals surface area contributed by atoms with E-state index in [-0.39, 0.29) is 24.4 Å². The summed E-state index contributed by atoms with van der Waals surface area (Å²) in [6.07, 6.45) is 11.8. The molecule has 0 bridgehead atoms. The summed E-state index contributed by atoms with van der Waals surface area (Å²) in [5, 5.41) is 3.19. The van der Waals surface area contributed by atoms with Crippen molar-refractivity contribution >= 4 is 18.3 Å². The zero-order valence-corrected chi connectivity index (χ0v) is 13.6. The van der Waals surface area contributed by atoms with Crippen LogP contribution in [0.15, 0.2) is 0 Å². The SMILES string of the molecule is CCC1(CNC(=O)CC2CCCCC2N)CCCC1.Cl. The maximum Gasteiger partial charge on any atom is 0.220 e. The molecule has 2 saturated carbocycles. The van der Waals surface area contributed by atoms with Gasteiger partial charge in [-0.2, -0.15) is 0 Å². The van der Waals surface area contributed by atoms with Gasteiger partial charge in [-0.15, -0.1) is 12.4 Å². The predicted octanol–water partition coefficient (Wildman–Crippen LogP) is 3.40. The van der Waals surface area contributed by atoms with Crippen molar-refractivity contribution in [1.29, 1.82) is 0 Å². The topological polar surface area (TPSA) is 55.1 Å². The molecule has 0 saturated heterocycles. The van der Waals surface area contributed by atoms with Gasteiger partial charge in [0.1, 0.15) is 0 Å². The third-order valence-corrected chi connectivity index (χ3v) is 5.49. The molecule has 3 nitrogen and oxygen atoms in total. The van der Waals surface area contributed by atoms with Crippen LogP contribution in [0.3, 0.4) is 0 Å². The van der Waals surface area contributed by atoms with E-state index in [2.05, 4.69) is 12.2 Å². The Bertz CT molecular complexity index is 303. The van der Waals surface area contributed by atoms with E-state index in [4.69, 9.17) is 5.73 Å². The summed E-state index contributed by atoms with van der Waals surface area (Å²) >= 11 is 0. The highest BCUT2D eigenvalue weighted by atomic mass is 35.5. The monoisotopic (exact) mass is 302 g/mol. The van der Waals surface area contributed by atoms with Gasteiger partial charge in [-0.25, -0.2) is 0 Å². The standard InChI is InChI=1S/C16H30N2O.ClH/c1-2-16(9-5-6-10-16)12-18-15(19)11-13-7-3-4-8-14(13)17;/h13-14H,2-12,17H2,1H3,(H,18,19);1H. The number of nitrogens with two attached hydrogens (primary N) is 1. The van der Waals surface area contributed by atoms with Crippen LogP contribution in [0, 0.1) is 11.3 Å². The van der Waals surface area contributed by atoms with Crippen LogP contribution in [0.5, 0.6) is 0 Å². The fourth-order valence-electron chi connectivity index (χ4n) is 3.87. The third kappa shape index (κ3) is 4.63. The van der Waals surface area contributed by atoms with Crippen LogP contribution in [-0.2, 0) is 4.79 Å². The first-order valence-electron chi connectivity index (χ1n) is 8.17. The van der Waals surface area contributed by atoms with Crippen LogP contribution in [0.1, 0.15) is 71.1 Å². The molecule has 2 aliphatic carbocycles. The Kier molecular flexibility index (Phi) is 7.32. The highest BCUT2D eigenvalue weighted by Crippen LogP contribution is 2.40. The van der Waals surface area contributed by atoms with E-state index in [0.717, 1.165) is 19.4 Å². The summed E-state index contributed by atoms with van der Waals surface area (Å²) in [7, 11) is 0. The van der Waals surface area contributed by atoms with Crippen LogP contribution >= 0.6 is 12.4 Å². The summed E-state index contributed by atoms with van der Waals surface area (Å²) in [5.74, 6) is 0.636. The Morgan fingerprint density at radius 1 is 1.20 bits per heavy atom. The molecular weight excluding hydrogens is 272 g/mol. The maximum atomic E-state index is 12.1. The molecule has 2 atom stereocenters. The lowest BCUT2D eigenvalue weighted by Crippen LogP contribution is -2.40. The van der Waals surface area contributed by atoms with Crippen molar-refractivity contribution < 1.29 is 4.79 Å². The Labute approximate surface area is 129 Å². The zero-order valence-electron chi connectivity index (χ0n) is 12.8. The smallest absolute Gasteiger partial charge is 0.220 e. The second-order valence-electron chi connectivity index (χ2n) is 6.75. The molecule has 0 radical (unpaired) electrons. The zero-order chi connectivity index (χ0) is 13.7. The van der Waals surface area contributed by atoms with Gasteiger partial charge in [0.25, 0.3) is 0 Å². The average molecular weight is 303 g/mol. The molecule has 0 spiro atoms. The lowest BCUT2D eigenvalue weighted by atomic mass is 9.82. The van der Waals surface area contributed by atoms with Crippen molar-refractivity contribution in [3.05, 3.63) is 0 Å². The van der Waals surface area contributed by atoms with Gasteiger partial charge in [0.2, 0.25) is 5.91 Å². The first kappa shape index (κ1) is 17.8. The molecule has 2 fully saturated rings. The highest BCUT2D eigenvalue weighted by molar-refractivity contribution is 5.85. The van der Waals surface area contributed by atoms with Crippen molar-refractivity contribution in [3.8, 4) is 0 Å². The molecule has 0 aromatic rings. The van der Waals surface area contributed by atoms with Crippen LogP contribution < -0.4 is 11.1 Å². The quantitative estimate of drug-likeness (QED) is 0.818. The molecule has 20 heavy (non-hydrogen) atoms. The van der Waals surface area contributed by atoms with Crippen molar-refractivity contribution in [3.63, 3.8) is 0 Å². The van der Waals surface area contributed by atoms with Crippen LogP contribution in [0.2, 0.25) is 0 Å². The molecule has 2 unspecified atom stereocenters. The van der Waals surface area contributed by atoms with E-state index in [0.29, 0.717) is 17.8 Å². The van der Waals surface area contributed by atoms with Gasteiger partial charge >= 0.3 is 0 Å². The van der Waals surface area contributed by atoms with E-state index >= 15 is 0 Å². The van der Waals surface area contributed by atoms with E-state index in [9.17, 15) is 4.79 Å². The Balaban J connectivity index is 0.00000200.